The van der Waals surface area contributed by atoms with Crippen LogP contribution in [0.3, 0.4) is 0 Å². The Morgan fingerprint density at radius 3 is 2.62 bits per heavy atom. The first-order valence-corrected chi connectivity index (χ1v) is 2.59. The van der Waals surface area contributed by atoms with E-state index in [-0.39, 0.29) is 20.4 Å². The van der Waals surface area contributed by atoms with Crippen LogP contribution in [0.1, 0.15) is 19.8 Å². The average Bonchev–Trinajstić information content (AvgIpc) is 1.69. The van der Waals surface area contributed by atoms with E-state index in [1.54, 1.807) is 0 Å². The number of nitrogens with one attached hydrogen (secondary N) is 1. The third-order valence-electron chi connectivity index (χ3n) is 0.758. The first-order valence-electron chi connectivity index (χ1n) is 2.59. The Bertz CT molecular complexity index is 49.7. The van der Waals surface area contributed by atoms with Crippen molar-refractivity contribution in [2.24, 2.45) is 0 Å². The smallest absolute Gasteiger partial charge is 0.207 e. The van der Waals surface area contributed by atoms with Gasteiger partial charge in [0.2, 0.25) is 6.41 Å². The molecule has 2 nitrogen and oxygen atoms in total. The van der Waals surface area contributed by atoms with Gasteiger partial charge in [0.1, 0.15) is 0 Å². The Hall–Kier alpha value is 0.132. The predicted molar refractivity (Wildman–Crippen MR) is 29.0 cm³/mol. The maximum Gasteiger partial charge on any atom is 0.207 e. The van der Waals surface area contributed by atoms with E-state index in [1.807, 2.05) is 0 Å². The number of carbonyl (C=O) groups is 1. The standard InChI is InChI=1S/C5H11NO.Pd/c1-2-3-4-6-5-7;/h5H,2-4H2,1H3,(H,6,7);. The maximum absolute atomic E-state index is 9.57. The van der Waals surface area contributed by atoms with Crippen molar-refractivity contribution in [3.63, 3.8) is 0 Å². The summed E-state index contributed by atoms with van der Waals surface area (Å²) < 4.78 is 0. The van der Waals surface area contributed by atoms with E-state index < -0.39 is 0 Å². The van der Waals surface area contributed by atoms with Gasteiger partial charge in [0.25, 0.3) is 0 Å². The van der Waals surface area contributed by atoms with E-state index in [2.05, 4.69) is 12.2 Å². The van der Waals surface area contributed by atoms with Gasteiger partial charge < -0.3 is 5.32 Å². The molecule has 0 aromatic rings. The van der Waals surface area contributed by atoms with Gasteiger partial charge in [-0.25, -0.2) is 0 Å². The summed E-state index contributed by atoms with van der Waals surface area (Å²) in [5, 5.41) is 2.57. The van der Waals surface area contributed by atoms with Crippen LogP contribution < -0.4 is 5.32 Å². The van der Waals surface area contributed by atoms with E-state index in [9.17, 15) is 4.79 Å². The van der Waals surface area contributed by atoms with Gasteiger partial charge in [-0.3, -0.25) is 4.79 Å². The van der Waals surface area contributed by atoms with E-state index in [4.69, 9.17) is 0 Å². The number of amides is 1. The van der Waals surface area contributed by atoms with Crippen molar-refractivity contribution in [1.29, 1.82) is 0 Å². The number of carbonyl (C=O) groups excluding carboxylic acids is 1. The number of unbranched alkanes of at least 4 members (excludes halogenated alkanes) is 1. The van der Waals surface area contributed by atoms with Gasteiger partial charge in [0, 0.05) is 27.0 Å². The third-order valence-corrected chi connectivity index (χ3v) is 0.758. The van der Waals surface area contributed by atoms with Crippen molar-refractivity contribution >= 4 is 6.41 Å². The molecular formula is C5H11NOPd. The molecule has 0 fully saturated rings. The normalized spacial score (nSPS) is 7.12. The minimum absolute atomic E-state index is 0. The zero-order chi connectivity index (χ0) is 5.54. The molecule has 0 spiro atoms. The summed E-state index contributed by atoms with van der Waals surface area (Å²) in [6, 6.07) is 0. The summed E-state index contributed by atoms with van der Waals surface area (Å²) in [6.07, 6.45) is 2.95. The minimum atomic E-state index is 0. The van der Waals surface area contributed by atoms with Crippen molar-refractivity contribution in [3.05, 3.63) is 0 Å². The van der Waals surface area contributed by atoms with Gasteiger partial charge in [0.05, 0.1) is 0 Å². The zero-order valence-electron chi connectivity index (χ0n) is 4.92. The first kappa shape index (κ1) is 11.0. The van der Waals surface area contributed by atoms with Crippen LogP contribution in [0.25, 0.3) is 0 Å². The third kappa shape index (κ3) is 9.46. The van der Waals surface area contributed by atoms with Crippen molar-refractivity contribution in [1.82, 2.24) is 5.32 Å². The summed E-state index contributed by atoms with van der Waals surface area (Å²) in [4.78, 5) is 9.57. The van der Waals surface area contributed by atoms with Crippen molar-refractivity contribution < 1.29 is 25.2 Å². The average molecular weight is 208 g/mol. The van der Waals surface area contributed by atoms with Gasteiger partial charge in [0.15, 0.2) is 0 Å². The molecule has 1 amide bonds. The fraction of sp³-hybridized carbons (Fsp3) is 0.800. The van der Waals surface area contributed by atoms with Crippen LogP contribution in [0.5, 0.6) is 0 Å². The summed E-state index contributed by atoms with van der Waals surface area (Å²) in [5.74, 6) is 0. The Balaban J connectivity index is 0. The molecule has 0 rings (SSSR count). The van der Waals surface area contributed by atoms with Crippen molar-refractivity contribution in [3.8, 4) is 0 Å². The largest absolute Gasteiger partial charge is 0.359 e. The van der Waals surface area contributed by atoms with Gasteiger partial charge >= 0.3 is 0 Å². The second-order valence-electron chi connectivity index (χ2n) is 1.43. The molecule has 3 heteroatoms. The molecule has 0 saturated heterocycles. The monoisotopic (exact) mass is 207 g/mol. The molecule has 0 aliphatic carbocycles. The fourth-order valence-electron chi connectivity index (χ4n) is 0.338. The Morgan fingerprint density at radius 2 is 2.25 bits per heavy atom. The molecule has 52 valence electrons. The van der Waals surface area contributed by atoms with Crippen LogP contribution in [-0.4, -0.2) is 13.0 Å². The molecule has 0 atom stereocenters. The minimum Gasteiger partial charge on any atom is -0.359 e. The number of hydrogen-bond acceptors (Lipinski definition) is 1. The van der Waals surface area contributed by atoms with Gasteiger partial charge in [-0.1, -0.05) is 13.3 Å². The molecule has 0 radical (unpaired) electrons. The Labute approximate surface area is 63.7 Å². The van der Waals surface area contributed by atoms with E-state index in [0.717, 1.165) is 25.8 Å². The summed E-state index contributed by atoms with van der Waals surface area (Å²) in [7, 11) is 0. The molecule has 8 heavy (non-hydrogen) atoms. The van der Waals surface area contributed by atoms with E-state index in [1.165, 1.54) is 0 Å². The summed E-state index contributed by atoms with van der Waals surface area (Å²) in [6.45, 7) is 2.91. The number of hydrogen-bond donors (Lipinski definition) is 1. The maximum atomic E-state index is 9.57. The molecule has 1 N–H and O–H groups in total. The van der Waals surface area contributed by atoms with Crippen molar-refractivity contribution in [2.45, 2.75) is 19.8 Å². The molecule has 0 aromatic heterocycles. The Morgan fingerprint density at radius 1 is 1.62 bits per heavy atom. The summed E-state index contributed by atoms with van der Waals surface area (Å²) in [5.41, 5.74) is 0. The summed E-state index contributed by atoms with van der Waals surface area (Å²) >= 11 is 0. The molecular weight excluding hydrogens is 196 g/mol. The molecule has 0 bridgehead atoms. The van der Waals surface area contributed by atoms with Crippen LogP contribution in [0, 0.1) is 0 Å². The molecule has 0 saturated carbocycles. The predicted octanol–water partition coefficient (Wildman–Crippen LogP) is 0.530. The van der Waals surface area contributed by atoms with Crippen molar-refractivity contribution in [2.75, 3.05) is 6.54 Å². The molecule has 0 aromatic carbocycles. The van der Waals surface area contributed by atoms with Crippen LogP contribution in [0.2, 0.25) is 0 Å². The fourth-order valence-corrected chi connectivity index (χ4v) is 0.338. The van der Waals surface area contributed by atoms with Gasteiger partial charge in [-0.05, 0) is 6.42 Å². The quantitative estimate of drug-likeness (QED) is 0.407. The van der Waals surface area contributed by atoms with E-state index in [0.29, 0.717) is 0 Å². The molecule has 0 unspecified atom stereocenters. The Kier molecular flexibility index (Phi) is 14.0. The molecule has 0 aliphatic heterocycles. The second-order valence-corrected chi connectivity index (χ2v) is 1.43. The number of rotatable bonds is 4. The SMILES string of the molecule is CCCCNC=O.[Pd]. The van der Waals surface area contributed by atoms with Crippen LogP contribution in [-0.2, 0) is 25.2 Å². The van der Waals surface area contributed by atoms with Crippen LogP contribution in [0.15, 0.2) is 0 Å². The first-order chi connectivity index (χ1) is 3.41. The van der Waals surface area contributed by atoms with E-state index >= 15 is 0 Å². The zero-order valence-corrected chi connectivity index (χ0v) is 6.48. The second kappa shape index (κ2) is 10.2. The van der Waals surface area contributed by atoms with Gasteiger partial charge in [-0.15, -0.1) is 0 Å². The van der Waals surface area contributed by atoms with Crippen LogP contribution >= 0.6 is 0 Å². The topological polar surface area (TPSA) is 29.1 Å². The molecule has 0 heterocycles. The molecule has 0 aliphatic rings. The van der Waals surface area contributed by atoms with Gasteiger partial charge in [-0.2, -0.15) is 0 Å². The van der Waals surface area contributed by atoms with Crippen LogP contribution in [0.4, 0.5) is 0 Å².